The number of halogens is 1. The Morgan fingerprint density at radius 2 is 2.00 bits per heavy atom. The van der Waals surface area contributed by atoms with E-state index in [4.69, 9.17) is 0 Å². The van der Waals surface area contributed by atoms with Crippen LogP contribution in [0.25, 0.3) is 5.57 Å². The lowest BCUT2D eigenvalue weighted by Gasteiger charge is -2.09. The Balaban J connectivity index is 2.33. The number of rotatable bonds is 1. The molecule has 3 nitrogen and oxygen atoms in total. The number of aromatic nitrogens is 2. The van der Waals surface area contributed by atoms with Gasteiger partial charge in [0.05, 0.1) is 12.4 Å². The predicted molar refractivity (Wildman–Crippen MR) is 53.3 cm³/mol. The smallest absolute Gasteiger partial charge is 0.162 e. The topological polar surface area (TPSA) is 42.9 Å². The molecule has 76 valence electrons. The van der Waals surface area contributed by atoms with E-state index in [-0.39, 0.29) is 11.7 Å². The standard InChI is InChI=1S/C11H9FN2O/c1-7-2-3-8(4-10(7)15)11-13-5-9(12)6-14-11/h2-7H,1H3. The summed E-state index contributed by atoms with van der Waals surface area (Å²) in [6, 6.07) is 0. The molecule has 4 heteroatoms. The lowest BCUT2D eigenvalue weighted by molar-refractivity contribution is -0.116. The summed E-state index contributed by atoms with van der Waals surface area (Å²) in [4.78, 5) is 19.0. The molecule has 1 atom stereocenters. The van der Waals surface area contributed by atoms with Crippen LogP contribution in [0.4, 0.5) is 4.39 Å². The van der Waals surface area contributed by atoms with Gasteiger partial charge in [-0.3, -0.25) is 4.79 Å². The van der Waals surface area contributed by atoms with E-state index in [2.05, 4.69) is 9.97 Å². The van der Waals surface area contributed by atoms with Crippen LogP contribution < -0.4 is 0 Å². The van der Waals surface area contributed by atoms with Crippen LogP contribution in [0.3, 0.4) is 0 Å². The fourth-order valence-electron chi connectivity index (χ4n) is 1.28. The number of carbonyl (C=O) groups excluding carboxylic acids is 1. The number of nitrogens with zero attached hydrogens (tertiary/aromatic N) is 2. The van der Waals surface area contributed by atoms with Crippen LogP contribution >= 0.6 is 0 Å². The molecule has 0 spiro atoms. The molecule has 0 aromatic carbocycles. The van der Waals surface area contributed by atoms with Gasteiger partial charge < -0.3 is 0 Å². The third-order valence-corrected chi connectivity index (χ3v) is 2.19. The van der Waals surface area contributed by atoms with E-state index in [1.165, 1.54) is 6.08 Å². The fourth-order valence-corrected chi connectivity index (χ4v) is 1.28. The first-order valence-corrected chi connectivity index (χ1v) is 4.58. The summed E-state index contributed by atoms with van der Waals surface area (Å²) in [6.45, 7) is 1.82. The molecule has 0 saturated heterocycles. The van der Waals surface area contributed by atoms with Crippen LogP contribution in [-0.4, -0.2) is 15.8 Å². The van der Waals surface area contributed by atoms with E-state index in [0.717, 1.165) is 12.4 Å². The molecule has 0 aliphatic heterocycles. The Morgan fingerprint density at radius 3 is 2.60 bits per heavy atom. The van der Waals surface area contributed by atoms with Crippen molar-refractivity contribution in [2.75, 3.05) is 0 Å². The van der Waals surface area contributed by atoms with E-state index in [0.29, 0.717) is 11.4 Å². The van der Waals surface area contributed by atoms with Crippen molar-refractivity contribution in [3.05, 3.63) is 42.3 Å². The van der Waals surface area contributed by atoms with Gasteiger partial charge in [-0.15, -0.1) is 0 Å². The van der Waals surface area contributed by atoms with E-state index in [1.807, 2.05) is 6.92 Å². The lowest BCUT2D eigenvalue weighted by atomic mass is 9.97. The molecule has 2 rings (SSSR count). The second-order valence-corrected chi connectivity index (χ2v) is 3.37. The maximum absolute atomic E-state index is 12.6. The molecule has 0 amide bonds. The van der Waals surface area contributed by atoms with Crippen molar-refractivity contribution in [1.82, 2.24) is 9.97 Å². The molecule has 0 N–H and O–H groups in total. The minimum atomic E-state index is -0.487. The molecule has 0 bridgehead atoms. The van der Waals surface area contributed by atoms with Gasteiger partial charge in [-0.05, 0) is 6.08 Å². The molecule has 1 aliphatic rings. The van der Waals surface area contributed by atoms with Crippen molar-refractivity contribution in [3.63, 3.8) is 0 Å². The largest absolute Gasteiger partial charge is 0.294 e. The summed E-state index contributed by atoms with van der Waals surface area (Å²) in [5.74, 6) is -0.207. The molecular formula is C11H9FN2O. The molecule has 1 heterocycles. The van der Waals surface area contributed by atoms with Crippen molar-refractivity contribution in [1.29, 1.82) is 0 Å². The van der Waals surface area contributed by atoms with Gasteiger partial charge in [0.15, 0.2) is 17.4 Å². The third-order valence-electron chi connectivity index (χ3n) is 2.19. The molecule has 1 aliphatic carbocycles. The van der Waals surface area contributed by atoms with Gasteiger partial charge in [0.1, 0.15) is 0 Å². The highest BCUT2D eigenvalue weighted by Crippen LogP contribution is 2.18. The van der Waals surface area contributed by atoms with Crippen molar-refractivity contribution in [2.24, 2.45) is 5.92 Å². The average Bonchev–Trinajstić information content (AvgIpc) is 2.23. The highest BCUT2D eigenvalue weighted by atomic mass is 19.1. The molecule has 0 saturated carbocycles. The minimum absolute atomic E-state index is 0.0143. The summed E-state index contributed by atoms with van der Waals surface area (Å²) in [6.07, 6.45) is 7.21. The SMILES string of the molecule is CC1C=CC(c2ncc(F)cn2)=CC1=O. The minimum Gasteiger partial charge on any atom is -0.294 e. The van der Waals surface area contributed by atoms with E-state index < -0.39 is 5.82 Å². The third kappa shape index (κ3) is 1.98. The maximum atomic E-state index is 12.6. The van der Waals surface area contributed by atoms with Crippen molar-refractivity contribution >= 4 is 11.4 Å². The Hall–Kier alpha value is -1.84. The summed E-state index contributed by atoms with van der Waals surface area (Å²) in [7, 11) is 0. The number of hydrogen-bond acceptors (Lipinski definition) is 3. The first kappa shape index (κ1) is 9.71. The van der Waals surface area contributed by atoms with Crippen LogP contribution in [0.5, 0.6) is 0 Å². The van der Waals surface area contributed by atoms with Crippen molar-refractivity contribution in [2.45, 2.75) is 6.92 Å². The highest BCUT2D eigenvalue weighted by molar-refractivity contribution is 6.02. The highest BCUT2D eigenvalue weighted by Gasteiger charge is 2.14. The normalized spacial score (nSPS) is 20.3. The summed E-state index contributed by atoms with van der Waals surface area (Å²) in [5, 5.41) is 0. The van der Waals surface area contributed by atoms with Gasteiger partial charge in [-0.1, -0.05) is 19.1 Å². The quantitative estimate of drug-likeness (QED) is 0.700. The fraction of sp³-hybridized carbons (Fsp3) is 0.182. The number of carbonyl (C=O) groups is 1. The second-order valence-electron chi connectivity index (χ2n) is 3.37. The number of ketones is 1. The second kappa shape index (κ2) is 3.73. The van der Waals surface area contributed by atoms with Gasteiger partial charge in [0, 0.05) is 11.5 Å². The molecule has 1 aromatic rings. The molecule has 15 heavy (non-hydrogen) atoms. The van der Waals surface area contributed by atoms with Crippen LogP contribution in [0, 0.1) is 11.7 Å². The molecular weight excluding hydrogens is 195 g/mol. The van der Waals surface area contributed by atoms with Gasteiger partial charge in [-0.2, -0.15) is 0 Å². The first-order valence-electron chi connectivity index (χ1n) is 4.58. The monoisotopic (exact) mass is 204 g/mol. The molecule has 1 unspecified atom stereocenters. The molecule has 0 radical (unpaired) electrons. The van der Waals surface area contributed by atoms with Crippen LogP contribution in [0.15, 0.2) is 30.6 Å². The Labute approximate surface area is 86.4 Å². The number of allylic oxidation sites excluding steroid dienone is 4. The zero-order valence-electron chi connectivity index (χ0n) is 8.14. The Kier molecular flexibility index (Phi) is 2.41. The lowest BCUT2D eigenvalue weighted by Crippen LogP contribution is -2.09. The average molecular weight is 204 g/mol. The van der Waals surface area contributed by atoms with E-state index in [9.17, 15) is 9.18 Å². The summed E-state index contributed by atoms with van der Waals surface area (Å²) < 4.78 is 12.6. The van der Waals surface area contributed by atoms with Crippen LogP contribution in [0.2, 0.25) is 0 Å². The Morgan fingerprint density at radius 1 is 1.33 bits per heavy atom. The summed E-state index contributed by atoms with van der Waals surface area (Å²) >= 11 is 0. The van der Waals surface area contributed by atoms with Crippen LogP contribution in [0.1, 0.15) is 12.7 Å². The van der Waals surface area contributed by atoms with Gasteiger partial charge in [0.2, 0.25) is 0 Å². The van der Waals surface area contributed by atoms with E-state index >= 15 is 0 Å². The molecule has 1 aromatic heterocycles. The van der Waals surface area contributed by atoms with Crippen LogP contribution in [-0.2, 0) is 4.79 Å². The molecule has 0 fully saturated rings. The number of hydrogen-bond donors (Lipinski definition) is 0. The van der Waals surface area contributed by atoms with E-state index in [1.54, 1.807) is 12.2 Å². The zero-order chi connectivity index (χ0) is 10.8. The predicted octanol–water partition coefficient (Wildman–Crippen LogP) is 1.77. The van der Waals surface area contributed by atoms with Gasteiger partial charge in [0.25, 0.3) is 0 Å². The zero-order valence-corrected chi connectivity index (χ0v) is 8.14. The van der Waals surface area contributed by atoms with Gasteiger partial charge in [-0.25, -0.2) is 14.4 Å². The Bertz CT molecular complexity index is 448. The van der Waals surface area contributed by atoms with Crippen molar-refractivity contribution < 1.29 is 9.18 Å². The maximum Gasteiger partial charge on any atom is 0.162 e. The van der Waals surface area contributed by atoms with Crippen molar-refractivity contribution in [3.8, 4) is 0 Å². The summed E-state index contributed by atoms with van der Waals surface area (Å²) in [5.41, 5.74) is 0.623. The first-order chi connectivity index (χ1) is 7.16. The van der Waals surface area contributed by atoms with Gasteiger partial charge >= 0.3 is 0 Å².